The second-order valence-corrected chi connectivity index (χ2v) is 8.37. The third kappa shape index (κ3) is 6.28. The van der Waals surface area contributed by atoms with Crippen LogP contribution in [0.2, 0.25) is 0 Å². The molecule has 0 aliphatic heterocycles. The van der Waals surface area contributed by atoms with Gasteiger partial charge < -0.3 is 15.5 Å². The Labute approximate surface area is 159 Å². The summed E-state index contributed by atoms with van der Waals surface area (Å²) in [5.41, 5.74) is 0.862. The number of quaternary nitrogens is 1. The third-order valence-corrected chi connectivity index (χ3v) is 4.81. The Hall–Kier alpha value is -2.18. The van der Waals surface area contributed by atoms with Crippen molar-refractivity contribution in [2.24, 2.45) is 0 Å². The van der Waals surface area contributed by atoms with Crippen molar-refractivity contribution in [2.45, 2.75) is 32.4 Å². The van der Waals surface area contributed by atoms with Gasteiger partial charge in [0, 0.05) is 18.2 Å². The van der Waals surface area contributed by atoms with Crippen LogP contribution in [-0.4, -0.2) is 42.4 Å². The summed E-state index contributed by atoms with van der Waals surface area (Å²) < 4.78 is 0. The van der Waals surface area contributed by atoms with Gasteiger partial charge in [-0.3, -0.25) is 9.59 Å². The molecule has 0 aliphatic rings. The summed E-state index contributed by atoms with van der Waals surface area (Å²) in [6, 6.07) is 14.3. The number of nitrogens with one attached hydrogen (secondary N) is 1. The van der Waals surface area contributed by atoms with E-state index in [-0.39, 0.29) is 36.5 Å². The molecular formula is C20H28N3O2S+. The van der Waals surface area contributed by atoms with Gasteiger partial charge in [0.2, 0.25) is 5.91 Å². The van der Waals surface area contributed by atoms with Gasteiger partial charge in [0.25, 0.3) is 5.91 Å². The zero-order valence-electron chi connectivity index (χ0n) is 15.9. The molecule has 5 nitrogen and oxygen atoms in total. The minimum Gasteiger partial charge on any atom is -0.350 e. The number of benzene rings is 1. The van der Waals surface area contributed by atoms with Gasteiger partial charge in [-0.05, 0) is 32.2 Å². The van der Waals surface area contributed by atoms with E-state index in [1.807, 2.05) is 55.7 Å². The minimum atomic E-state index is -0.301. The van der Waals surface area contributed by atoms with E-state index in [9.17, 15) is 9.59 Å². The number of nitrogens with zero attached hydrogens (tertiary/aromatic N) is 1. The number of amides is 2. The van der Waals surface area contributed by atoms with Crippen LogP contribution in [-0.2, 0) is 9.59 Å². The van der Waals surface area contributed by atoms with Gasteiger partial charge in [-0.15, -0.1) is 11.3 Å². The summed E-state index contributed by atoms with van der Waals surface area (Å²) in [4.78, 5) is 27.2. The van der Waals surface area contributed by atoms with Crippen LogP contribution in [0.4, 0.5) is 0 Å². The first kappa shape index (κ1) is 20.1. The quantitative estimate of drug-likeness (QED) is 0.776. The van der Waals surface area contributed by atoms with Gasteiger partial charge in [0.05, 0.1) is 11.4 Å². The van der Waals surface area contributed by atoms with Gasteiger partial charge in [-0.25, -0.2) is 0 Å². The SMILES string of the molecule is CN(CC(=O)NC(C)(C)C)C(=O)C[NH2+][C@@H](c1ccccc1)c1cccs1. The summed E-state index contributed by atoms with van der Waals surface area (Å²) in [7, 11) is 1.67. The van der Waals surface area contributed by atoms with E-state index in [0.717, 1.165) is 5.56 Å². The molecule has 0 saturated heterocycles. The number of likely N-dealkylation sites (N-methyl/N-ethyl adjacent to an activating group) is 1. The molecule has 3 N–H and O–H groups in total. The molecule has 6 heteroatoms. The number of carbonyl (C=O) groups excluding carboxylic acids is 2. The second-order valence-electron chi connectivity index (χ2n) is 7.39. The Bertz CT molecular complexity index is 708. The lowest BCUT2D eigenvalue weighted by atomic mass is 10.1. The second kappa shape index (κ2) is 8.96. The summed E-state index contributed by atoms with van der Waals surface area (Å²) in [6.07, 6.45) is 0. The zero-order chi connectivity index (χ0) is 19.2. The Morgan fingerprint density at radius 2 is 1.85 bits per heavy atom. The number of thiophene rings is 1. The lowest BCUT2D eigenvalue weighted by molar-refractivity contribution is -0.676. The van der Waals surface area contributed by atoms with Crippen LogP contribution in [0, 0.1) is 0 Å². The maximum Gasteiger partial charge on any atom is 0.277 e. The fraction of sp³-hybridized carbons (Fsp3) is 0.400. The molecule has 0 spiro atoms. The molecule has 140 valence electrons. The average molecular weight is 375 g/mol. The maximum atomic E-state index is 12.5. The van der Waals surface area contributed by atoms with E-state index in [1.54, 1.807) is 18.4 Å². The molecule has 0 radical (unpaired) electrons. The molecule has 2 amide bonds. The number of rotatable bonds is 7. The minimum absolute atomic E-state index is 0.0634. The average Bonchev–Trinajstić information content (AvgIpc) is 3.08. The molecule has 1 atom stereocenters. The molecule has 26 heavy (non-hydrogen) atoms. The molecule has 0 bridgehead atoms. The molecule has 0 aliphatic carbocycles. The Morgan fingerprint density at radius 3 is 2.42 bits per heavy atom. The fourth-order valence-electron chi connectivity index (χ4n) is 2.68. The predicted molar refractivity (Wildman–Crippen MR) is 105 cm³/mol. The summed E-state index contributed by atoms with van der Waals surface area (Å²) >= 11 is 1.68. The zero-order valence-corrected chi connectivity index (χ0v) is 16.7. The van der Waals surface area contributed by atoms with Crippen molar-refractivity contribution < 1.29 is 14.9 Å². The van der Waals surface area contributed by atoms with E-state index >= 15 is 0 Å². The lowest BCUT2D eigenvalue weighted by Gasteiger charge is -2.23. The van der Waals surface area contributed by atoms with E-state index < -0.39 is 0 Å². The van der Waals surface area contributed by atoms with Crippen molar-refractivity contribution in [1.29, 1.82) is 0 Å². The molecule has 0 fully saturated rings. The molecule has 1 heterocycles. The highest BCUT2D eigenvalue weighted by atomic mass is 32.1. The number of nitrogens with two attached hydrogens (primary N) is 1. The van der Waals surface area contributed by atoms with Crippen LogP contribution in [0.1, 0.15) is 37.3 Å². The van der Waals surface area contributed by atoms with Gasteiger partial charge >= 0.3 is 0 Å². The number of carbonyl (C=O) groups is 2. The molecule has 1 aromatic heterocycles. The molecule has 1 aromatic carbocycles. The van der Waals surface area contributed by atoms with Crippen molar-refractivity contribution in [3.05, 3.63) is 58.3 Å². The molecule has 2 rings (SSSR count). The highest BCUT2D eigenvalue weighted by molar-refractivity contribution is 7.10. The van der Waals surface area contributed by atoms with E-state index in [4.69, 9.17) is 0 Å². The van der Waals surface area contributed by atoms with Crippen LogP contribution >= 0.6 is 11.3 Å². The van der Waals surface area contributed by atoms with Crippen molar-refractivity contribution in [3.8, 4) is 0 Å². The van der Waals surface area contributed by atoms with Crippen LogP contribution < -0.4 is 10.6 Å². The van der Waals surface area contributed by atoms with Crippen molar-refractivity contribution in [3.63, 3.8) is 0 Å². The highest BCUT2D eigenvalue weighted by Crippen LogP contribution is 2.22. The van der Waals surface area contributed by atoms with E-state index in [1.165, 1.54) is 9.78 Å². The van der Waals surface area contributed by atoms with Crippen molar-refractivity contribution in [2.75, 3.05) is 20.1 Å². The first-order valence-corrected chi connectivity index (χ1v) is 9.61. The van der Waals surface area contributed by atoms with E-state index in [2.05, 4.69) is 23.5 Å². The van der Waals surface area contributed by atoms with Crippen LogP contribution in [0.3, 0.4) is 0 Å². The molecule has 2 aromatic rings. The number of hydrogen-bond donors (Lipinski definition) is 2. The van der Waals surface area contributed by atoms with Gasteiger partial charge in [-0.1, -0.05) is 36.4 Å². The highest BCUT2D eigenvalue weighted by Gasteiger charge is 2.22. The summed E-state index contributed by atoms with van der Waals surface area (Å²) in [5, 5.41) is 6.95. The third-order valence-electron chi connectivity index (χ3n) is 3.86. The Balaban J connectivity index is 1.96. The van der Waals surface area contributed by atoms with E-state index in [0.29, 0.717) is 0 Å². The molecular weight excluding hydrogens is 346 g/mol. The first-order chi connectivity index (χ1) is 12.3. The summed E-state index contributed by atoms with van der Waals surface area (Å²) in [6.45, 7) is 6.12. The van der Waals surface area contributed by atoms with Crippen molar-refractivity contribution in [1.82, 2.24) is 10.2 Å². The molecule has 0 unspecified atom stereocenters. The van der Waals surface area contributed by atoms with Crippen molar-refractivity contribution >= 4 is 23.2 Å². The standard InChI is InChI=1S/C20H27N3O2S/c1-20(2,3)22-17(24)14-23(4)18(25)13-21-19(16-11-8-12-26-16)15-9-6-5-7-10-15/h5-12,19,21H,13-14H2,1-4H3,(H,22,24)/p+1/t19-/m0/s1. The monoisotopic (exact) mass is 374 g/mol. The number of hydrogen-bond acceptors (Lipinski definition) is 3. The van der Waals surface area contributed by atoms with Crippen LogP contribution in [0.15, 0.2) is 47.8 Å². The fourth-order valence-corrected chi connectivity index (χ4v) is 3.53. The topological polar surface area (TPSA) is 66.0 Å². The lowest BCUT2D eigenvalue weighted by Crippen LogP contribution is -2.87. The van der Waals surface area contributed by atoms with Crippen LogP contribution in [0.25, 0.3) is 0 Å². The predicted octanol–water partition coefficient (Wildman–Crippen LogP) is 1.77. The first-order valence-electron chi connectivity index (χ1n) is 8.73. The largest absolute Gasteiger partial charge is 0.350 e. The normalized spacial score (nSPS) is 12.5. The van der Waals surface area contributed by atoms with Crippen LogP contribution in [0.5, 0.6) is 0 Å². The van der Waals surface area contributed by atoms with Gasteiger partial charge in [0.1, 0.15) is 6.04 Å². The van der Waals surface area contributed by atoms with Gasteiger partial charge in [-0.2, -0.15) is 0 Å². The Morgan fingerprint density at radius 1 is 1.15 bits per heavy atom. The smallest absolute Gasteiger partial charge is 0.277 e. The maximum absolute atomic E-state index is 12.5. The Kier molecular flexibility index (Phi) is 6.94. The van der Waals surface area contributed by atoms with Gasteiger partial charge in [0.15, 0.2) is 6.54 Å². The molecule has 0 saturated carbocycles. The summed E-state index contributed by atoms with van der Waals surface area (Å²) in [5.74, 6) is -0.210.